The minimum absolute atomic E-state index is 0.125. The molecule has 1 heterocycles. The zero-order chi connectivity index (χ0) is 19.2. The van der Waals surface area contributed by atoms with Crippen molar-refractivity contribution < 1.29 is 9.18 Å². The number of hydrogen-bond donors (Lipinski definition) is 1. The molecule has 1 amide bonds. The Hall–Kier alpha value is -3.08. The van der Waals surface area contributed by atoms with E-state index in [1.807, 2.05) is 38.1 Å². The topological polar surface area (TPSA) is 54.9 Å². The van der Waals surface area contributed by atoms with E-state index in [0.29, 0.717) is 17.9 Å². The Morgan fingerprint density at radius 2 is 1.78 bits per heavy atom. The van der Waals surface area contributed by atoms with Crippen molar-refractivity contribution in [2.75, 3.05) is 5.32 Å². The molecule has 3 aromatic rings. The van der Waals surface area contributed by atoms with Crippen LogP contribution < -0.4 is 5.32 Å². The second kappa shape index (κ2) is 8.54. The first-order chi connectivity index (χ1) is 13.0. The van der Waals surface area contributed by atoms with Crippen LogP contribution in [-0.2, 0) is 17.6 Å². The molecule has 0 fully saturated rings. The van der Waals surface area contributed by atoms with E-state index in [2.05, 4.69) is 15.3 Å². The zero-order valence-electron chi connectivity index (χ0n) is 15.5. The van der Waals surface area contributed by atoms with Crippen LogP contribution in [0.1, 0.15) is 30.2 Å². The Morgan fingerprint density at radius 1 is 1.07 bits per heavy atom. The predicted octanol–water partition coefficient (Wildman–Crippen LogP) is 4.72. The maximum absolute atomic E-state index is 13.1. The van der Waals surface area contributed by atoms with E-state index in [4.69, 9.17) is 0 Å². The van der Waals surface area contributed by atoms with Gasteiger partial charge in [0.2, 0.25) is 5.91 Å². The van der Waals surface area contributed by atoms with E-state index >= 15 is 0 Å². The van der Waals surface area contributed by atoms with Crippen molar-refractivity contribution in [3.63, 3.8) is 0 Å². The van der Waals surface area contributed by atoms with E-state index in [0.717, 1.165) is 28.8 Å². The Bertz CT molecular complexity index is 921. The van der Waals surface area contributed by atoms with Gasteiger partial charge >= 0.3 is 0 Å². The molecule has 0 unspecified atom stereocenters. The normalized spacial score (nSPS) is 10.6. The summed E-state index contributed by atoms with van der Waals surface area (Å²) >= 11 is 0. The maximum Gasteiger partial charge on any atom is 0.229 e. The van der Waals surface area contributed by atoms with Crippen LogP contribution in [0.3, 0.4) is 0 Å². The van der Waals surface area contributed by atoms with Crippen LogP contribution in [-0.4, -0.2) is 15.9 Å². The number of aromatic nitrogens is 2. The van der Waals surface area contributed by atoms with Crippen LogP contribution >= 0.6 is 0 Å². The molecule has 0 saturated heterocycles. The highest BCUT2D eigenvalue weighted by Gasteiger charge is 2.12. The smallest absolute Gasteiger partial charge is 0.229 e. The number of anilines is 1. The van der Waals surface area contributed by atoms with Crippen LogP contribution in [0.15, 0.2) is 54.7 Å². The van der Waals surface area contributed by atoms with Crippen LogP contribution in [0.25, 0.3) is 11.3 Å². The van der Waals surface area contributed by atoms with Crippen LogP contribution in [0.4, 0.5) is 10.2 Å². The van der Waals surface area contributed by atoms with Gasteiger partial charge in [-0.25, -0.2) is 14.4 Å². The quantitative estimate of drug-likeness (QED) is 0.689. The Labute approximate surface area is 158 Å². The third kappa shape index (κ3) is 4.97. The van der Waals surface area contributed by atoms with E-state index < -0.39 is 0 Å². The summed E-state index contributed by atoms with van der Waals surface area (Å²) in [5, 5.41) is 2.87. The van der Waals surface area contributed by atoms with Crippen molar-refractivity contribution in [3.05, 3.63) is 77.4 Å². The highest BCUT2D eigenvalue weighted by molar-refractivity contribution is 5.92. The van der Waals surface area contributed by atoms with E-state index in [9.17, 15) is 9.18 Å². The number of nitrogens with one attached hydrogen (secondary N) is 1. The number of benzene rings is 2. The Morgan fingerprint density at radius 3 is 2.44 bits per heavy atom. The average Bonchev–Trinajstić information content (AvgIpc) is 2.66. The molecular weight excluding hydrogens is 341 g/mol. The maximum atomic E-state index is 13.1. The molecule has 1 aromatic heterocycles. The first-order valence-electron chi connectivity index (χ1n) is 9.02. The van der Waals surface area contributed by atoms with Gasteiger partial charge in [0.25, 0.3) is 0 Å². The fourth-order valence-electron chi connectivity index (χ4n) is 2.77. The summed E-state index contributed by atoms with van der Waals surface area (Å²) < 4.78 is 13.1. The summed E-state index contributed by atoms with van der Waals surface area (Å²) in [5.41, 5.74) is 4.29. The van der Waals surface area contributed by atoms with Gasteiger partial charge in [0, 0.05) is 5.56 Å². The van der Waals surface area contributed by atoms with Gasteiger partial charge < -0.3 is 5.32 Å². The summed E-state index contributed by atoms with van der Waals surface area (Å²) in [6.45, 7) is 4.06. The minimum atomic E-state index is -0.291. The van der Waals surface area contributed by atoms with Crippen molar-refractivity contribution in [2.45, 2.75) is 33.1 Å². The number of amides is 1. The lowest BCUT2D eigenvalue weighted by Gasteiger charge is -2.11. The molecular formula is C22H22FN3O. The highest BCUT2D eigenvalue weighted by Crippen LogP contribution is 2.21. The van der Waals surface area contributed by atoms with Gasteiger partial charge in [-0.15, -0.1) is 0 Å². The Kier molecular flexibility index (Phi) is 5.91. The second-order valence-electron chi connectivity index (χ2n) is 6.52. The molecule has 0 spiro atoms. The highest BCUT2D eigenvalue weighted by atomic mass is 19.1. The minimum Gasteiger partial charge on any atom is -0.309 e. The standard InChI is InChI=1S/C22H22FN3O/c1-3-4-19-22(26-21(27)13-16-7-5-15(2)6-8-16)24-14-20(25-19)17-9-11-18(23)12-10-17/h5-12,14H,3-4,13H2,1-2H3,(H,24,26,27). The van der Waals surface area contributed by atoms with Gasteiger partial charge in [-0.05, 0) is 43.2 Å². The number of hydrogen-bond acceptors (Lipinski definition) is 3. The van der Waals surface area contributed by atoms with Crippen LogP contribution in [0.5, 0.6) is 0 Å². The number of rotatable bonds is 6. The molecule has 0 atom stereocenters. The summed E-state index contributed by atoms with van der Waals surface area (Å²) in [4.78, 5) is 21.4. The number of nitrogens with zero attached hydrogens (tertiary/aromatic N) is 2. The van der Waals surface area contributed by atoms with Crippen LogP contribution in [0.2, 0.25) is 0 Å². The van der Waals surface area contributed by atoms with Crippen molar-refractivity contribution in [2.24, 2.45) is 0 Å². The lowest BCUT2D eigenvalue weighted by Crippen LogP contribution is -2.17. The first-order valence-corrected chi connectivity index (χ1v) is 9.02. The first kappa shape index (κ1) is 18.7. The molecule has 0 aliphatic carbocycles. The molecule has 138 valence electrons. The Balaban J connectivity index is 1.78. The van der Waals surface area contributed by atoms with Gasteiger partial charge in [-0.2, -0.15) is 0 Å². The SMILES string of the molecule is CCCc1nc(-c2ccc(F)cc2)cnc1NC(=O)Cc1ccc(C)cc1. The number of carbonyl (C=O) groups is 1. The zero-order valence-corrected chi connectivity index (χ0v) is 15.5. The molecule has 5 heteroatoms. The lowest BCUT2D eigenvalue weighted by atomic mass is 10.1. The van der Waals surface area contributed by atoms with Gasteiger partial charge in [-0.1, -0.05) is 43.2 Å². The number of aryl methyl sites for hydroxylation is 2. The van der Waals surface area contributed by atoms with Crippen molar-refractivity contribution >= 4 is 11.7 Å². The van der Waals surface area contributed by atoms with Gasteiger partial charge in [0.15, 0.2) is 5.82 Å². The van der Waals surface area contributed by atoms with Gasteiger partial charge in [-0.3, -0.25) is 4.79 Å². The second-order valence-corrected chi connectivity index (χ2v) is 6.52. The summed E-state index contributed by atoms with van der Waals surface area (Å²) in [6, 6.07) is 14.0. The molecule has 0 radical (unpaired) electrons. The van der Waals surface area contributed by atoms with E-state index in [-0.39, 0.29) is 18.1 Å². The average molecular weight is 363 g/mol. The largest absolute Gasteiger partial charge is 0.309 e. The molecule has 0 bridgehead atoms. The molecule has 3 rings (SSSR count). The third-order valence-electron chi connectivity index (χ3n) is 4.21. The lowest BCUT2D eigenvalue weighted by molar-refractivity contribution is -0.115. The molecule has 1 N–H and O–H groups in total. The van der Waals surface area contributed by atoms with Gasteiger partial charge in [0.1, 0.15) is 5.82 Å². The van der Waals surface area contributed by atoms with Crippen molar-refractivity contribution in [1.29, 1.82) is 0 Å². The molecule has 27 heavy (non-hydrogen) atoms. The van der Waals surface area contributed by atoms with Crippen LogP contribution in [0, 0.1) is 12.7 Å². The third-order valence-corrected chi connectivity index (χ3v) is 4.21. The molecule has 0 aliphatic rings. The fourth-order valence-corrected chi connectivity index (χ4v) is 2.77. The van der Waals surface area contributed by atoms with Gasteiger partial charge in [0.05, 0.1) is 24.0 Å². The fraction of sp³-hybridized carbons (Fsp3) is 0.227. The summed E-state index contributed by atoms with van der Waals surface area (Å²) in [6.07, 6.45) is 3.46. The van der Waals surface area contributed by atoms with Crippen molar-refractivity contribution in [1.82, 2.24) is 9.97 Å². The molecule has 0 saturated carbocycles. The monoisotopic (exact) mass is 363 g/mol. The molecule has 4 nitrogen and oxygen atoms in total. The molecule has 0 aliphatic heterocycles. The summed E-state index contributed by atoms with van der Waals surface area (Å²) in [7, 11) is 0. The molecule has 2 aromatic carbocycles. The van der Waals surface area contributed by atoms with E-state index in [1.54, 1.807) is 18.3 Å². The van der Waals surface area contributed by atoms with Crippen molar-refractivity contribution in [3.8, 4) is 11.3 Å². The predicted molar refractivity (Wildman–Crippen MR) is 105 cm³/mol. The van der Waals surface area contributed by atoms with E-state index in [1.165, 1.54) is 12.1 Å². The number of halogens is 1. The summed E-state index contributed by atoms with van der Waals surface area (Å²) in [5.74, 6) is 0.0698. The number of carbonyl (C=O) groups excluding carboxylic acids is 1.